The molecule has 0 radical (unpaired) electrons. The molecule has 0 aliphatic heterocycles. The minimum Gasteiger partial charge on any atom is -0.352 e. The highest BCUT2D eigenvalue weighted by atomic mass is 16.2. The van der Waals surface area contributed by atoms with E-state index in [2.05, 4.69) is 17.6 Å². The predicted molar refractivity (Wildman–Crippen MR) is 97.5 cm³/mol. The first-order chi connectivity index (χ1) is 11.7. The maximum absolute atomic E-state index is 12.5. The van der Waals surface area contributed by atoms with Crippen molar-refractivity contribution in [2.45, 2.75) is 33.1 Å². The Kier molecular flexibility index (Phi) is 6.55. The highest BCUT2D eigenvalue weighted by Crippen LogP contribution is 2.17. The minimum atomic E-state index is -0.209. The molecule has 4 nitrogen and oxygen atoms in total. The molecular formula is C20H24N2O2. The number of rotatable bonds is 7. The Labute approximate surface area is 143 Å². The number of anilines is 1. The zero-order valence-corrected chi connectivity index (χ0v) is 14.3. The number of amides is 2. The van der Waals surface area contributed by atoms with Crippen LogP contribution in [-0.2, 0) is 6.42 Å². The van der Waals surface area contributed by atoms with Crippen molar-refractivity contribution in [3.63, 3.8) is 0 Å². The van der Waals surface area contributed by atoms with Crippen LogP contribution in [0.25, 0.3) is 0 Å². The van der Waals surface area contributed by atoms with E-state index in [0.717, 1.165) is 30.5 Å². The van der Waals surface area contributed by atoms with Gasteiger partial charge in [0.1, 0.15) is 0 Å². The monoisotopic (exact) mass is 324 g/mol. The lowest BCUT2D eigenvalue weighted by atomic mass is 10.1. The molecule has 0 spiro atoms. The average molecular weight is 324 g/mol. The number of hydrogen-bond acceptors (Lipinski definition) is 2. The van der Waals surface area contributed by atoms with Gasteiger partial charge >= 0.3 is 0 Å². The fourth-order valence-electron chi connectivity index (χ4n) is 2.43. The van der Waals surface area contributed by atoms with Crippen LogP contribution in [0.15, 0.2) is 48.5 Å². The van der Waals surface area contributed by atoms with E-state index in [1.54, 1.807) is 24.3 Å². The number of aryl methyl sites for hydroxylation is 1. The predicted octanol–water partition coefficient (Wildman–Crippen LogP) is 4.03. The summed E-state index contributed by atoms with van der Waals surface area (Å²) in [5.41, 5.74) is 2.87. The third kappa shape index (κ3) is 4.69. The molecule has 0 aromatic heterocycles. The Morgan fingerprint density at radius 2 is 1.62 bits per heavy atom. The molecule has 0 aliphatic carbocycles. The highest BCUT2D eigenvalue weighted by Gasteiger charge is 2.11. The molecule has 0 aliphatic rings. The third-order valence-corrected chi connectivity index (χ3v) is 3.85. The van der Waals surface area contributed by atoms with Gasteiger partial charge in [0.25, 0.3) is 11.8 Å². The van der Waals surface area contributed by atoms with Crippen molar-refractivity contribution >= 4 is 17.5 Å². The first-order valence-electron chi connectivity index (χ1n) is 8.43. The van der Waals surface area contributed by atoms with Crippen molar-refractivity contribution < 1.29 is 9.59 Å². The second-order valence-corrected chi connectivity index (χ2v) is 5.66. The van der Waals surface area contributed by atoms with Crippen LogP contribution in [0.4, 0.5) is 5.69 Å². The van der Waals surface area contributed by atoms with Gasteiger partial charge in [-0.3, -0.25) is 9.59 Å². The van der Waals surface area contributed by atoms with Crippen LogP contribution in [0.2, 0.25) is 0 Å². The van der Waals surface area contributed by atoms with E-state index in [-0.39, 0.29) is 11.8 Å². The normalized spacial score (nSPS) is 10.2. The topological polar surface area (TPSA) is 58.2 Å². The van der Waals surface area contributed by atoms with Crippen molar-refractivity contribution in [3.05, 3.63) is 65.2 Å². The zero-order chi connectivity index (χ0) is 17.4. The summed E-state index contributed by atoms with van der Waals surface area (Å²) < 4.78 is 0. The number of nitrogens with one attached hydrogen (secondary N) is 2. The lowest BCUT2D eigenvalue weighted by Gasteiger charge is -2.10. The Balaban J connectivity index is 2.10. The molecule has 2 aromatic carbocycles. The molecule has 4 heteroatoms. The van der Waals surface area contributed by atoms with Crippen molar-refractivity contribution in [2.75, 3.05) is 11.9 Å². The van der Waals surface area contributed by atoms with Gasteiger partial charge in [-0.05, 0) is 42.7 Å². The molecule has 0 saturated carbocycles. The maximum atomic E-state index is 12.5. The van der Waals surface area contributed by atoms with Crippen LogP contribution in [-0.4, -0.2) is 18.4 Å². The molecule has 0 unspecified atom stereocenters. The zero-order valence-electron chi connectivity index (χ0n) is 14.3. The molecule has 2 aromatic rings. The van der Waals surface area contributed by atoms with E-state index in [9.17, 15) is 9.59 Å². The van der Waals surface area contributed by atoms with Crippen molar-refractivity contribution in [3.8, 4) is 0 Å². The molecule has 0 atom stereocenters. The fourth-order valence-corrected chi connectivity index (χ4v) is 2.43. The van der Waals surface area contributed by atoms with Crippen LogP contribution in [0.1, 0.15) is 53.0 Å². The van der Waals surface area contributed by atoms with E-state index in [4.69, 9.17) is 0 Å². The Morgan fingerprint density at radius 1 is 0.917 bits per heavy atom. The Hall–Kier alpha value is -2.62. The summed E-state index contributed by atoms with van der Waals surface area (Å²) >= 11 is 0. The summed E-state index contributed by atoms with van der Waals surface area (Å²) in [5.74, 6) is -0.355. The molecular weight excluding hydrogens is 300 g/mol. The van der Waals surface area contributed by atoms with Crippen LogP contribution in [0, 0.1) is 0 Å². The van der Waals surface area contributed by atoms with E-state index in [1.807, 2.05) is 31.2 Å². The number of unbranched alkanes of at least 4 members (excludes halogenated alkanes) is 1. The average Bonchev–Trinajstić information content (AvgIpc) is 2.62. The molecule has 0 bridgehead atoms. The summed E-state index contributed by atoms with van der Waals surface area (Å²) in [7, 11) is 0. The second-order valence-electron chi connectivity index (χ2n) is 5.66. The van der Waals surface area contributed by atoms with Gasteiger partial charge in [0, 0.05) is 23.4 Å². The van der Waals surface area contributed by atoms with Crippen LogP contribution < -0.4 is 10.6 Å². The summed E-state index contributed by atoms with van der Waals surface area (Å²) in [6.07, 6.45) is 2.82. The van der Waals surface area contributed by atoms with Gasteiger partial charge in [-0.1, -0.05) is 44.5 Å². The van der Waals surface area contributed by atoms with E-state index >= 15 is 0 Å². The fraction of sp³-hybridized carbons (Fsp3) is 0.300. The van der Waals surface area contributed by atoms with Crippen molar-refractivity contribution in [2.24, 2.45) is 0 Å². The standard InChI is InChI=1S/C20H24N2O2/c1-3-5-13-21-19(23)16-10-8-11-17(14-16)20(24)22-18-12-7-6-9-15(18)4-2/h6-12,14H,3-5,13H2,1-2H3,(H,21,23)(H,22,24). The number of carbonyl (C=O) groups is 2. The first-order valence-corrected chi connectivity index (χ1v) is 8.43. The first kappa shape index (κ1) is 17.7. The van der Waals surface area contributed by atoms with Crippen LogP contribution >= 0.6 is 0 Å². The van der Waals surface area contributed by atoms with E-state index in [0.29, 0.717) is 17.7 Å². The summed E-state index contributed by atoms with van der Waals surface area (Å²) in [6, 6.07) is 14.5. The smallest absolute Gasteiger partial charge is 0.255 e. The minimum absolute atomic E-state index is 0.146. The molecule has 0 fully saturated rings. The lowest BCUT2D eigenvalue weighted by molar-refractivity contribution is 0.0953. The van der Waals surface area contributed by atoms with Gasteiger partial charge in [0.05, 0.1) is 0 Å². The van der Waals surface area contributed by atoms with E-state index < -0.39 is 0 Å². The summed E-state index contributed by atoms with van der Waals surface area (Å²) in [5, 5.41) is 5.79. The summed E-state index contributed by atoms with van der Waals surface area (Å²) in [6.45, 7) is 4.77. The van der Waals surface area contributed by atoms with Crippen molar-refractivity contribution in [1.82, 2.24) is 5.32 Å². The molecule has 24 heavy (non-hydrogen) atoms. The molecule has 2 rings (SSSR count). The number of benzene rings is 2. The van der Waals surface area contributed by atoms with Gasteiger partial charge < -0.3 is 10.6 Å². The van der Waals surface area contributed by atoms with Gasteiger partial charge in [-0.2, -0.15) is 0 Å². The van der Waals surface area contributed by atoms with Gasteiger partial charge in [0.15, 0.2) is 0 Å². The van der Waals surface area contributed by atoms with Crippen LogP contribution in [0.3, 0.4) is 0 Å². The molecule has 0 saturated heterocycles. The van der Waals surface area contributed by atoms with Gasteiger partial charge in [0.2, 0.25) is 0 Å². The Morgan fingerprint density at radius 3 is 2.33 bits per heavy atom. The molecule has 2 amide bonds. The van der Waals surface area contributed by atoms with Gasteiger partial charge in [-0.15, -0.1) is 0 Å². The molecule has 126 valence electrons. The molecule has 2 N–H and O–H groups in total. The lowest BCUT2D eigenvalue weighted by Crippen LogP contribution is -2.24. The number of hydrogen-bond donors (Lipinski definition) is 2. The molecule has 0 heterocycles. The highest BCUT2D eigenvalue weighted by molar-refractivity contribution is 6.06. The summed E-state index contributed by atoms with van der Waals surface area (Å²) in [4.78, 5) is 24.6. The van der Waals surface area contributed by atoms with E-state index in [1.165, 1.54) is 0 Å². The number of carbonyl (C=O) groups excluding carboxylic acids is 2. The van der Waals surface area contributed by atoms with Crippen molar-refractivity contribution in [1.29, 1.82) is 0 Å². The maximum Gasteiger partial charge on any atom is 0.255 e. The Bertz CT molecular complexity index is 710. The second kappa shape index (κ2) is 8.87. The quantitative estimate of drug-likeness (QED) is 0.755. The van der Waals surface area contributed by atoms with Gasteiger partial charge in [-0.25, -0.2) is 0 Å². The largest absolute Gasteiger partial charge is 0.352 e. The van der Waals surface area contributed by atoms with Crippen LogP contribution in [0.5, 0.6) is 0 Å². The number of para-hydroxylation sites is 1. The SMILES string of the molecule is CCCCNC(=O)c1cccc(C(=O)Nc2ccccc2CC)c1. The third-order valence-electron chi connectivity index (χ3n) is 3.85.